The van der Waals surface area contributed by atoms with Crippen LogP contribution in [0.25, 0.3) is 10.9 Å². The lowest BCUT2D eigenvalue weighted by Gasteiger charge is -2.14. The zero-order chi connectivity index (χ0) is 23.3. The van der Waals surface area contributed by atoms with Crippen LogP contribution in [0.3, 0.4) is 0 Å². The van der Waals surface area contributed by atoms with Gasteiger partial charge in [0.05, 0.1) is 24.3 Å². The quantitative estimate of drug-likeness (QED) is 0.221. The van der Waals surface area contributed by atoms with Gasteiger partial charge < -0.3 is 24.8 Å². The molecule has 0 bridgehead atoms. The van der Waals surface area contributed by atoms with Gasteiger partial charge >= 0.3 is 0 Å². The number of hydrogen-bond donors (Lipinski definition) is 3. The molecule has 0 atom stereocenters. The van der Waals surface area contributed by atoms with Gasteiger partial charge in [0, 0.05) is 30.6 Å². The summed E-state index contributed by atoms with van der Waals surface area (Å²) in [6.45, 7) is 0.519. The van der Waals surface area contributed by atoms with Gasteiger partial charge in [0.1, 0.15) is 24.2 Å². The smallest absolute Gasteiger partial charge is 0.163 e. The van der Waals surface area contributed by atoms with Crippen molar-refractivity contribution in [2.75, 3.05) is 26.1 Å². The number of anilines is 2. The Labute approximate surface area is 190 Å². The van der Waals surface area contributed by atoms with Gasteiger partial charge in [-0.05, 0) is 43.5 Å². The van der Waals surface area contributed by atoms with E-state index in [-0.39, 0.29) is 5.02 Å². The Morgan fingerprint density at radius 1 is 1.16 bits per heavy atom. The van der Waals surface area contributed by atoms with Crippen LogP contribution in [0.15, 0.2) is 36.7 Å². The Morgan fingerprint density at radius 2 is 1.94 bits per heavy atom. The number of rotatable bonds is 10. The third-order valence-electron chi connectivity index (χ3n) is 4.33. The van der Waals surface area contributed by atoms with Crippen molar-refractivity contribution in [3.8, 4) is 11.5 Å². The largest absolute Gasteiger partial charge is 0.493 e. The Bertz CT molecular complexity index is 1020. The van der Waals surface area contributed by atoms with Gasteiger partial charge in [0.25, 0.3) is 0 Å². The van der Waals surface area contributed by atoms with Crippen LogP contribution in [0.1, 0.15) is 25.7 Å². The summed E-state index contributed by atoms with van der Waals surface area (Å²) in [6.07, 6.45) is 5.56. The molecule has 1 heterocycles. The van der Waals surface area contributed by atoms with Crippen LogP contribution in [-0.4, -0.2) is 42.2 Å². The number of carbonyl (C=O) groups excluding carboxylic acids is 1. The monoisotopic (exact) mass is 464 g/mol. The van der Waals surface area contributed by atoms with E-state index in [1.807, 2.05) is 0 Å². The highest BCUT2D eigenvalue weighted by Gasteiger charge is 2.12. The Kier molecular flexibility index (Phi) is 10.6. The van der Waals surface area contributed by atoms with Gasteiger partial charge in [0.15, 0.2) is 11.5 Å². The first-order valence-corrected chi connectivity index (χ1v) is 10.3. The van der Waals surface area contributed by atoms with E-state index in [2.05, 4.69) is 15.3 Å². The van der Waals surface area contributed by atoms with Gasteiger partial charge in [-0.1, -0.05) is 11.6 Å². The molecule has 10 heteroatoms. The van der Waals surface area contributed by atoms with E-state index in [1.54, 1.807) is 30.8 Å². The van der Waals surface area contributed by atoms with Crippen LogP contribution < -0.4 is 20.3 Å². The number of nitrogens with zero attached hydrogens (tertiary/aromatic N) is 2. The summed E-state index contributed by atoms with van der Waals surface area (Å²) >= 11 is 5.85. The molecule has 0 spiro atoms. The summed E-state index contributed by atoms with van der Waals surface area (Å²) in [5.74, 6) is 1.20. The minimum absolute atomic E-state index is 0.0229. The molecule has 0 saturated heterocycles. The number of fused-ring (bicyclic) bond motifs is 1. The second kappa shape index (κ2) is 13.4. The molecule has 0 aliphatic rings. The number of aldehydes is 1. The fourth-order valence-electron chi connectivity index (χ4n) is 2.84. The van der Waals surface area contributed by atoms with Crippen molar-refractivity contribution in [2.24, 2.45) is 0 Å². The molecular formula is C22H26ClFN4O4. The highest BCUT2D eigenvalue weighted by Crippen LogP contribution is 2.35. The second-order valence-corrected chi connectivity index (χ2v) is 6.99. The first-order valence-electron chi connectivity index (χ1n) is 9.96. The van der Waals surface area contributed by atoms with E-state index < -0.39 is 5.82 Å². The standard InChI is InChI=1S/C21H21ClFN3O3.CH5NO/c1-28-19-11-15-18(12-20(19)29-9-5-3-2-4-8-27)24-13-25-21(15)26-14-6-7-17(23)16(22)10-14;1-2-3/h6-8,10-13H,2-5,9H2,1H3,(H,24,25,26);2-3H,1H3. The summed E-state index contributed by atoms with van der Waals surface area (Å²) in [4.78, 5) is 18.9. The average molecular weight is 465 g/mol. The van der Waals surface area contributed by atoms with E-state index >= 15 is 0 Å². The molecule has 0 radical (unpaired) electrons. The van der Waals surface area contributed by atoms with Crippen molar-refractivity contribution in [3.63, 3.8) is 0 Å². The van der Waals surface area contributed by atoms with Crippen LogP contribution in [-0.2, 0) is 4.79 Å². The van der Waals surface area contributed by atoms with E-state index in [0.29, 0.717) is 41.5 Å². The minimum Gasteiger partial charge on any atom is -0.493 e. The second-order valence-electron chi connectivity index (χ2n) is 6.58. The predicted octanol–water partition coefficient (Wildman–Crippen LogP) is 4.91. The topological polar surface area (TPSA) is 106 Å². The molecule has 172 valence electrons. The molecule has 0 aliphatic carbocycles. The van der Waals surface area contributed by atoms with Crippen molar-refractivity contribution in [3.05, 3.63) is 47.5 Å². The molecule has 0 amide bonds. The molecular weight excluding hydrogens is 439 g/mol. The third kappa shape index (κ3) is 7.30. The van der Waals surface area contributed by atoms with Gasteiger partial charge in [-0.25, -0.2) is 19.8 Å². The maximum atomic E-state index is 13.4. The number of unbranched alkanes of at least 4 members (excludes halogenated alkanes) is 3. The predicted molar refractivity (Wildman–Crippen MR) is 122 cm³/mol. The molecule has 3 N–H and O–H groups in total. The Hall–Kier alpha value is -3.01. The lowest BCUT2D eigenvalue weighted by atomic mass is 10.2. The highest BCUT2D eigenvalue weighted by atomic mass is 35.5. The summed E-state index contributed by atoms with van der Waals surface area (Å²) in [7, 11) is 2.99. The number of ether oxygens (including phenoxy) is 2. The SMILES string of the molecule is CNO.COc1cc2c(Nc3ccc(F)c(Cl)c3)ncnc2cc1OCCCCCC=O. The Morgan fingerprint density at radius 3 is 2.62 bits per heavy atom. The maximum Gasteiger partial charge on any atom is 0.163 e. The molecule has 0 saturated carbocycles. The number of halogens is 2. The first kappa shape index (κ1) is 25.3. The number of benzene rings is 2. The number of hydrogen-bond acceptors (Lipinski definition) is 8. The van der Waals surface area contributed by atoms with Crippen molar-refractivity contribution in [1.29, 1.82) is 0 Å². The van der Waals surface area contributed by atoms with E-state index in [0.717, 1.165) is 30.9 Å². The van der Waals surface area contributed by atoms with Crippen LogP contribution in [0.2, 0.25) is 5.02 Å². The number of methoxy groups -OCH3 is 1. The van der Waals surface area contributed by atoms with Crippen molar-refractivity contribution < 1.29 is 23.9 Å². The lowest BCUT2D eigenvalue weighted by Crippen LogP contribution is -2.01. The average Bonchev–Trinajstić information content (AvgIpc) is 2.79. The van der Waals surface area contributed by atoms with Gasteiger partial charge in [-0.15, -0.1) is 0 Å². The summed E-state index contributed by atoms with van der Waals surface area (Å²) in [6, 6.07) is 7.95. The maximum absolute atomic E-state index is 13.4. The van der Waals surface area contributed by atoms with E-state index in [1.165, 1.54) is 25.5 Å². The molecule has 3 rings (SSSR count). The fraction of sp³-hybridized carbons (Fsp3) is 0.318. The minimum atomic E-state index is -0.487. The number of hydroxylamine groups is 1. The van der Waals surface area contributed by atoms with Crippen LogP contribution >= 0.6 is 11.6 Å². The van der Waals surface area contributed by atoms with Gasteiger partial charge in [-0.2, -0.15) is 0 Å². The molecule has 0 fully saturated rings. The first-order chi connectivity index (χ1) is 15.5. The summed E-state index contributed by atoms with van der Waals surface area (Å²) in [5, 5.41) is 11.2. The normalized spacial score (nSPS) is 10.3. The third-order valence-corrected chi connectivity index (χ3v) is 4.62. The van der Waals surface area contributed by atoms with Crippen LogP contribution in [0.4, 0.5) is 15.9 Å². The summed E-state index contributed by atoms with van der Waals surface area (Å²) < 4.78 is 24.7. The van der Waals surface area contributed by atoms with Crippen molar-refractivity contribution in [2.45, 2.75) is 25.7 Å². The molecule has 0 unspecified atom stereocenters. The zero-order valence-corrected chi connectivity index (χ0v) is 18.7. The summed E-state index contributed by atoms with van der Waals surface area (Å²) in [5.41, 5.74) is 3.03. The van der Waals surface area contributed by atoms with Crippen molar-refractivity contribution in [1.82, 2.24) is 15.4 Å². The lowest BCUT2D eigenvalue weighted by molar-refractivity contribution is -0.107. The number of nitrogens with one attached hydrogen (secondary N) is 2. The number of aromatic nitrogens is 2. The Balaban J connectivity index is 0.00000114. The van der Waals surface area contributed by atoms with Crippen LogP contribution in [0.5, 0.6) is 11.5 Å². The molecule has 1 aromatic heterocycles. The highest BCUT2D eigenvalue weighted by molar-refractivity contribution is 6.31. The van der Waals surface area contributed by atoms with Gasteiger partial charge in [-0.3, -0.25) is 0 Å². The van der Waals surface area contributed by atoms with Crippen molar-refractivity contribution >= 4 is 40.3 Å². The molecule has 2 aromatic carbocycles. The molecule has 32 heavy (non-hydrogen) atoms. The molecule has 8 nitrogen and oxygen atoms in total. The molecule has 0 aliphatic heterocycles. The molecule has 3 aromatic rings. The zero-order valence-electron chi connectivity index (χ0n) is 17.9. The van der Waals surface area contributed by atoms with Crippen LogP contribution in [0, 0.1) is 5.82 Å². The number of carbonyl (C=O) groups is 1. The van der Waals surface area contributed by atoms with E-state index in [9.17, 15) is 9.18 Å². The fourth-order valence-corrected chi connectivity index (χ4v) is 3.02. The van der Waals surface area contributed by atoms with Gasteiger partial charge in [0.2, 0.25) is 0 Å². The van der Waals surface area contributed by atoms with E-state index in [4.69, 9.17) is 26.3 Å².